The second-order valence-electron chi connectivity index (χ2n) is 9.62. The lowest BCUT2D eigenvalue weighted by molar-refractivity contribution is 0.0763. The van der Waals surface area contributed by atoms with Crippen molar-refractivity contribution >= 4 is 28.3 Å². The fraction of sp³-hybridized carbons (Fsp3) is 0.357. The molecule has 0 atom stereocenters. The lowest BCUT2D eigenvalue weighted by Crippen LogP contribution is -2.35. The predicted molar refractivity (Wildman–Crippen MR) is 143 cm³/mol. The highest BCUT2D eigenvalue weighted by Crippen LogP contribution is 2.31. The number of aryl methyl sites for hydroxylation is 1. The van der Waals surface area contributed by atoms with Crippen LogP contribution in [0.2, 0.25) is 0 Å². The van der Waals surface area contributed by atoms with E-state index in [1.54, 1.807) is 17.5 Å². The van der Waals surface area contributed by atoms with Crippen LogP contribution in [0.3, 0.4) is 0 Å². The normalized spacial score (nSPS) is 14.8. The molecule has 184 valence electrons. The van der Waals surface area contributed by atoms with Gasteiger partial charge in [0.25, 0.3) is 5.91 Å². The Bertz CT molecular complexity index is 1430. The molecule has 5 rings (SSSR count). The molecule has 3 aromatic heterocycles. The van der Waals surface area contributed by atoms with Gasteiger partial charge in [-0.1, -0.05) is 12.1 Å². The Balaban J connectivity index is 1.40. The van der Waals surface area contributed by atoms with Crippen molar-refractivity contribution in [3.05, 3.63) is 70.2 Å². The number of amides is 1. The van der Waals surface area contributed by atoms with Gasteiger partial charge in [-0.15, -0.1) is 11.3 Å². The van der Waals surface area contributed by atoms with Gasteiger partial charge < -0.3 is 4.90 Å². The van der Waals surface area contributed by atoms with Crippen LogP contribution in [-0.2, 0) is 6.54 Å². The average molecular weight is 499 g/mol. The van der Waals surface area contributed by atoms with E-state index in [0.29, 0.717) is 17.7 Å². The van der Waals surface area contributed by atoms with Gasteiger partial charge in [-0.2, -0.15) is 10.4 Å². The summed E-state index contributed by atoms with van der Waals surface area (Å²) in [5, 5.41) is 14.4. The zero-order valence-electron chi connectivity index (χ0n) is 20.9. The second kappa shape index (κ2) is 10.2. The topological polar surface area (TPSA) is 78.0 Å². The number of nitriles is 1. The Morgan fingerprint density at radius 3 is 2.61 bits per heavy atom. The van der Waals surface area contributed by atoms with E-state index in [9.17, 15) is 4.79 Å². The Kier molecular flexibility index (Phi) is 6.86. The maximum Gasteiger partial charge on any atom is 0.254 e. The van der Waals surface area contributed by atoms with Gasteiger partial charge in [0.05, 0.1) is 39.4 Å². The summed E-state index contributed by atoms with van der Waals surface area (Å²) in [4.78, 5) is 25.4. The van der Waals surface area contributed by atoms with Gasteiger partial charge in [-0.25, -0.2) is 9.67 Å². The van der Waals surface area contributed by atoms with E-state index in [1.807, 2.05) is 39.9 Å². The number of thiophene rings is 1. The summed E-state index contributed by atoms with van der Waals surface area (Å²) in [5.41, 5.74) is 4.11. The van der Waals surface area contributed by atoms with E-state index in [4.69, 9.17) is 10.2 Å². The number of benzene rings is 1. The van der Waals surface area contributed by atoms with Crippen molar-refractivity contribution in [3.63, 3.8) is 0 Å². The minimum atomic E-state index is 0.0421. The Hall–Kier alpha value is -3.54. The highest BCUT2D eigenvalue weighted by molar-refractivity contribution is 7.15. The molecule has 4 heterocycles. The minimum Gasteiger partial charge on any atom is -0.337 e. The Labute approximate surface area is 215 Å². The zero-order chi connectivity index (χ0) is 25.2. The third-order valence-corrected chi connectivity index (χ3v) is 7.67. The fourth-order valence-electron chi connectivity index (χ4n) is 4.72. The van der Waals surface area contributed by atoms with Crippen LogP contribution in [0.1, 0.15) is 52.7 Å². The smallest absolute Gasteiger partial charge is 0.254 e. The Morgan fingerprint density at radius 2 is 1.92 bits per heavy atom. The van der Waals surface area contributed by atoms with Crippen molar-refractivity contribution in [2.45, 2.75) is 39.8 Å². The van der Waals surface area contributed by atoms with Gasteiger partial charge in [0.2, 0.25) is 0 Å². The largest absolute Gasteiger partial charge is 0.337 e. The van der Waals surface area contributed by atoms with Crippen LogP contribution < -0.4 is 0 Å². The van der Waals surface area contributed by atoms with Crippen molar-refractivity contribution in [1.82, 2.24) is 24.6 Å². The molecule has 4 aromatic rings. The number of carbonyl (C=O) groups excluding carboxylic acids is 1. The van der Waals surface area contributed by atoms with Crippen molar-refractivity contribution in [2.75, 3.05) is 26.2 Å². The van der Waals surface area contributed by atoms with E-state index in [0.717, 1.165) is 54.2 Å². The first-order valence-corrected chi connectivity index (χ1v) is 13.2. The number of rotatable bonds is 5. The number of aromatic nitrogens is 3. The molecule has 1 saturated heterocycles. The molecule has 0 saturated carbocycles. The molecule has 36 heavy (non-hydrogen) atoms. The quantitative estimate of drug-likeness (QED) is 0.375. The molecule has 0 N–H and O–H groups in total. The van der Waals surface area contributed by atoms with Crippen LogP contribution in [0.5, 0.6) is 0 Å². The van der Waals surface area contributed by atoms with Crippen LogP contribution in [0, 0.1) is 18.3 Å². The van der Waals surface area contributed by atoms with Crippen molar-refractivity contribution in [2.24, 2.45) is 0 Å². The van der Waals surface area contributed by atoms with Crippen LogP contribution in [0.25, 0.3) is 21.6 Å². The molecular formula is C28H30N6OS. The van der Waals surface area contributed by atoms with E-state index in [1.165, 1.54) is 10.4 Å². The minimum absolute atomic E-state index is 0.0421. The van der Waals surface area contributed by atoms with E-state index < -0.39 is 0 Å². The molecule has 0 aliphatic carbocycles. The molecule has 7 nitrogen and oxygen atoms in total. The molecule has 8 heteroatoms. The summed E-state index contributed by atoms with van der Waals surface area (Å²) < 4.78 is 1.90. The third kappa shape index (κ3) is 4.90. The van der Waals surface area contributed by atoms with Crippen molar-refractivity contribution in [1.29, 1.82) is 5.26 Å². The van der Waals surface area contributed by atoms with Gasteiger partial charge in [-0.3, -0.25) is 9.69 Å². The molecule has 1 aliphatic rings. The summed E-state index contributed by atoms with van der Waals surface area (Å²) in [7, 11) is 0. The molecule has 1 aliphatic heterocycles. The Morgan fingerprint density at radius 1 is 1.11 bits per heavy atom. The fourth-order valence-corrected chi connectivity index (χ4v) is 5.54. The van der Waals surface area contributed by atoms with E-state index in [2.05, 4.69) is 49.0 Å². The standard InChI is InChI=1S/C28H30N6OS/c1-19(2)34-27-24(17-30-34)23(15-25(31-27)26-10-5-20(3)36-26)28(35)33-12-4-11-32(13-14-33)18-22-8-6-21(16-29)7-9-22/h5-10,15,17,19H,4,11-14,18H2,1-3H3. The first-order valence-electron chi connectivity index (χ1n) is 12.4. The van der Waals surface area contributed by atoms with Crippen LogP contribution in [-0.4, -0.2) is 56.7 Å². The number of fused-ring (bicyclic) bond motifs is 1. The highest BCUT2D eigenvalue weighted by Gasteiger charge is 2.25. The van der Waals surface area contributed by atoms with E-state index >= 15 is 0 Å². The molecule has 0 spiro atoms. The van der Waals surface area contributed by atoms with Crippen molar-refractivity contribution < 1.29 is 4.79 Å². The molecule has 0 bridgehead atoms. The van der Waals surface area contributed by atoms with Gasteiger partial charge in [0.1, 0.15) is 0 Å². The van der Waals surface area contributed by atoms with Crippen molar-refractivity contribution in [3.8, 4) is 16.6 Å². The number of carbonyl (C=O) groups is 1. The maximum atomic E-state index is 13.9. The number of pyridine rings is 1. The maximum absolute atomic E-state index is 13.9. The van der Waals surface area contributed by atoms with Crippen LogP contribution >= 0.6 is 11.3 Å². The monoisotopic (exact) mass is 498 g/mol. The summed E-state index contributed by atoms with van der Waals surface area (Å²) in [6, 6.07) is 16.2. The lowest BCUT2D eigenvalue weighted by Gasteiger charge is -2.22. The van der Waals surface area contributed by atoms with Gasteiger partial charge in [0.15, 0.2) is 5.65 Å². The summed E-state index contributed by atoms with van der Waals surface area (Å²) in [6.45, 7) is 10.2. The highest BCUT2D eigenvalue weighted by atomic mass is 32.1. The van der Waals surface area contributed by atoms with Crippen LogP contribution in [0.15, 0.2) is 48.7 Å². The molecule has 0 unspecified atom stereocenters. The van der Waals surface area contributed by atoms with Gasteiger partial charge >= 0.3 is 0 Å². The first-order chi connectivity index (χ1) is 17.4. The number of hydrogen-bond acceptors (Lipinski definition) is 6. The number of hydrogen-bond donors (Lipinski definition) is 0. The molecule has 1 aromatic carbocycles. The SMILES string of the molecule is Cc1ccc(-c2cc(C(=O)N3CCCN(Cc4ccc(C#N)cc4)CC3)c3cnn(C(C)C)c3n2)s1. The predicted octanol–water partition coefficient (Wildman–Crippen LogP) is 5.27. The molecule has 1 amide bonds. The van der Waals surface area contributed by atoms with Gasteiger partial charge in [-0.05, 0) is 63.1 Å². The number of nitrogens with zero attached hydrogens (tertiary/aromatic N) is 6. The third-order valence-electron chi connectivity index (χ3n) is 6.64. The first kappa shape index (κ1) is 24.2. The second-order valence-corrected chi connectivity index (χ2v) is 10.9. The van der Waals surface area contributed by atoms with E-state index in [-0.39, 0.29) is 11.9 Å². The molecule has 0 radical (unpaired) electrons. The zero-order valence-corrected chi connectivity index (χ0v) is 21.8. The average Bonchev–Trinajstić information content (AvgIpc) is 3.44. The summed E-state index contributed by atoms with van der Waals surface area (Å²) >= 11 is 1.69. The van der Waals surface area contributed by atoms with Gasteiger partial charge in [0, 0.05) is 43.6 Å². The summed E-state index contributed by atoms with van der Waals surface area (Å²) in [6.07, 6.45) is 2.70. The van der Waals surface area contributed by atoms with Crippen LogP contribution in [0.4, 0.5) is 0 Å². The molecule has 1 fully saturated rings. The summed E-state index contributed by atoms with van der Waals surface area (Å²) in [5.74, 6) is 0.0421. The molecular weight excluding hydrogens is 468 g/mol. The lowest BCUT2D eigenvalue weighted by atomic mass is 10.1.